The quantitative estimate of drug-likeness (QED) is 0.830. The summed E-state index contributed by atoms with van der Waals surface area (Å²) in [5.41, 5.74) is 0. The van der Waals surface area contributed by atoms with Crippen LogP contribution in [0, 0.1) is 0 Å². The molecule has 0 amide bonds. The molecule has 0 bridgehead atoms. The van der Waals surface area contributed by atoms with Crippen molar-refractivity contribution in [3.05, 3.63) is 12.5 Å². The molecular weight excluding hydrogens is 252 g/mol. The minimum Gasteiger partial charge on any atom is -0.339 e. The summed E-state index contributed by atoms with van der Waals surface area (Å²) in [5.74, 6) is 0. The SMILES string of the molecule is CN1CCCC1CCNS(=O)(=O)c1cn(C)cn1. The van der Waals surface area contributed by atoms with Crippen LogP contribution in [-0.2, 0) is 17.1 Å². The highest BCUT2D eigenvalue weighted by molar-refractivity contribution is 7.89. The van der Waals surface area contributed by atoms with Crippen molar-refractivity contribution in [3.8, 4) is 0 Å². The van der Waals surface area contributed by atoms with Crippen molar-refractivity contribution in [1.29, 1.82) is 0 Å². The number of sulfonamides is 1. The topological polar surface area (TPSA) is 67.2 Å². The highest BCUT2D eigenvalue weighted by Gasteiger charge is 2.22. The van der Waals surface area contributed by atoms with Crippen molar-refractivity contribution < 1.29 is 8.42 Å². The molecule has 102 valence electrons. The van der Waals surface area contributed by atoms with Crippen LogP contribution in [0.2, 0.25) is 0 Å². The van der Waals surface area contributed by atoms with Gasteiger partial charge in [-0.3, -0.25) is 0 Å². The Morgan fingerprint density at radius 1 is 1.50 bits per heavy atom. The minimum atomic E-state index is -3.45. The number of likely N-dealkylation sites (tertiary alicyclic amines) is 1. The Balaban J connectivity index is 1.86. The maximum Gasteiger partial charge on any atom is 0.259 e. The maximum atomic E-state index is 11.9. The number of imidazole rings is 1. The van der Waals surface area contributed by atoms with Gasteiger partial charge in [-0.15, -0.1) is 0 Å². The summed E-state index contributed by atoms with van der Waals surface area (Å²) in [6, 6.07) is 0.497. The average molecular weight is 272 g/mol. The molecule has 0 aromatic carbocycles. The molecule has 1 N–H and O–H groups in total. The molecule has 7 heteroatoms. The van der Waals surface area contributed by atoms with E-state index in [0.29, 0.717) is 12.6 Å². The fraction of sp³-hybridized carbons (Fsp3) is 0.727. The van der Waals surface area contributed by atoms with E-state index in [1.54, 1.807) is 11.6 Å². The molecule has 1 aliphatic heterocycles. The summed E-state index contributed by atoms with van der Waals surface area (Å²) >= 11 is 0. The fourth-order valence-electron chi connectivity index (χ4n) is 2.31. The van der Waals surface area contributed by atoms with Gasteiger partial charge in [-0.25, -0.2) is 18.1 Å². The molecule has 1 aliphatic rings. The summed E-state index contributed by atoms with van der Waals surface area (Å²) in [7, 11) is 0.389. The third kappa shape index (κ3) is 3.09. The minimum absolute atomic E-state index is 0.0878. The first-order chi connectivity index (χ1) is 8.49. The molecule has 0 radical (unpaired) electrons. The van der Waals surface area contributed by atoms with Crippen molar-refractivity contribution >= 4 is 10.0 Å². The summed E-state index contributed by atoms with van der Waals surface area (Å²) in [4.78, 5) is 6.14. The van der Waals surface area contributed by atoms with Crippen molar-refractivity contribution in [2.75, 3.05) is 20.1 Å². The van der Waals surface area contributed by atoms with Gasteiger partial charge in [0.15, 0.2) is 5.03 Å². The van der Waals surface area contributed by atoms with Crippen molar-refractivity contribution in [3.63, 3.8) is 0 Å². The molecular formula is C11H20N4O2S. The molecule has 1 atom stereocenters. The predicted octanol–water partition coefficient (Wildman–Crippen LogP) is 0.183. The average Bonchev–Trinajstić information content (AvgIpc) is 2.89. The van der Waals surface area contributed by atoms with Gasteiger partial charge in [-0.1, -0.05) is 0 Å². The molecule has 18 heavy (non-hydrogen) atoms. The normalized spacial score (nSPS) is 21.6. The van der Waals surface area contributed by atoms with Crippen LogP contribution in [0.15, 0.2) is 17.6 Å². The molecule has 1 saturated heterocycles. The molecule has 1 unspecified atom stereocenters. The van der Waals surface area contributed by atoms with Gasteiger partial charge in [-0.2, -0.15) is 0 Å². The smallest absolute Gasteiger partial charge is 0.259 e. The number of aromatic nitrogens is 2. The largest absolute Gasteiger partial charge is 0.339 e. The van der Waals surface area contributed by atoms with Crippen LogP contribution in [0.25, 0.3) is 0 Å². The highest BCUT2D eigenvalue weighted by atomic mass is 32.2. The zero-order valence-electron chi connectivity index (χ0n) is 10.8. The van der Waals surface area contributed by atoms with E-state index < -0.39 is 10.0 Å². The van der Waals surface area contributed by atoms with Gasteiger partial charge >= 0.3 is 0 Å². The fourth-order valence-corrected chi connectivity index (χ4v) is 3.33. The van der Waals surface area contributed by atoms with Crippen molar-refractivity contribution in [1.82, 2.24) is 19.2 Å². The van der Waals surface area contributed by atoms with E-state index in [9.17, 15) is 8.42 Å². The van der Waals surface area contributed by atoms with Gasteiger partial charge in [0.25, 0.3) is 10.0 Å². The zero-order chi connectivity index (χ0) is 13.2. The third-order valence-electron chi connectivity index (χ3n) is 3.40. The second kappa shape index (κ2) is 5.38. The van der Waals surface area contributed by atoms with Gasteiger partial charge in [0.05, 0.1) is 6.33 Å². The Morgan fingerprint density at radius 3 is 2.83 bits per heavy atom. The summed E-state index contributed by atoms with van der Waals surface area (Å²) in [6.45, 7) is 1.57. The van der Waals surface area contributed by atoms with E-state index in [2.05, 4.69) is 21.7 Å². The van der Waals surface area contributed by atoms with Crippen LogP contribution in [0.1, 0.15) is 19.3 Å². The molecule has 2 rings (SSSR count). The van der Waals surface area contributed by atoms with Crippen LogP contribution in [0.3, 0.4) is 0 Å². The summed E-state index contributed by atoms with van der Waals surface area (Å²) in [6.07, 6.45) is 6.20. The third-order valence-corrected chi connectivity index (χ3v) is 4.74. The van der Waals surface area contributed by atoms with Gasteiger partial charge < -0.3 is 9.47 Å². The van der Waals surface area contributed by atoms with E-state index in [0.717, 1.165) is 19.4 Å². The van der Waals surface area contributed by atoms with Crippen LogP contribution >= 0.6 is 0 Å². The number of hydrogen-bond acceptors (Lipinski definition) is 4. The number of aryl methyl sites for hydroxylation is 1. The molecule has 1 aromatic heterocycles. The Labute approximate surface area is 108 Å². The number of nitrogens with zero attached hydrogens (tertiary/aromatic N) is 3. The van der Waals surface area contributed by atoms with Crippen molar-refractivity contribution in [2.45, 2.75) is 30.3 Å². The van der Waals surface area contributed by atoms with E-state index in [1.165, 1.54) is 18.9 Å². The van der Waals surface area contributed by atoms with Crippen LogP contribution in [0.4, 0.5) is 0 Å². The van der Waals surface area contributed by atoms with Gasteiger partial charge in [0.1, 0.15) is 0 Å². The standard InChI is InChI=1S/C11H20N4O2S/c1-14-8-11(12-9-14)18(16,17)13-6-5-10-4-3-7-15(10)2/h8-10,13H,3-7H2,1-2H3. The highest BCUT2D eigenvalue weighted by Crippen LogP contribution is 2.17. The number of hydrogen-bond donors (Lipinski definition) is 1. The van der Waals surface area contributed by atoms with Crippen LogP contribution < -0.4 is 4.72 Å². The maximum absolute atomic E-state index is 11.9. The number of rotatable bonds is 5. The monoisotopic (exact) mass is 272 g/mol. The van der Waals surface area contributed by atoms with E-state index in [1.807, 2.05) is 0 Å². The van der Waals surface area contributed by atoms with Gasteiger partial charge in [0, 0.05) is 25.8 Å². The second-order valence-corrected chi connectivity index (χ2v) is 6.55. The molecule has 1 fully saturated rings. The van der Waals surface area contributed by atoms with Crippen LogP contribution in [-0.4, -0.2) is 49.0 Å². The van der Waals surface area contributed by atoms with E-state index in [-0.39, 0.29) is 5.03 Å². The van der Waals surface area contributed by atoms with Crippen molar-refractivity contribution in [2.24, 2.45) is 7.05 Å². The lowest BCUT2D eigenvalue weighted by atomic mass is 10.1. The zero-order valence-corrected chi connectivity index (χ0v) is 11.7. The lowest BCUT2D eigenvalue weighted by Crippen LogP contribution is -2.32. The first-order valence-corrected chi connectivity index (χ1v) is 7.65. The second-order valence-electron chi connectivity index (χ2n) is 4.84. The molecule has 0 saturated carbocycles. The molecule has 0 spiro atoms. The van der Waals surface area contributed by atoms with E-state index in [4.69, 9.17) is 0 Å². The molecule has 2 heterocycles. The lowest BCUT2D eigenvalue weighted by Gasteiger charge is -2.19. The van der Waals surface area contributed by atoms with Gasteiger partial charge in [0.2, 0.25) is 0 Å². The first kappa shape index (κ1) is 13.5. The molecule has 1 aromatic rings. The molecule has 6 nitrogen and oxygen atoms in total. The Hall–Kier alpha value is -0.920. The lowest BCUT2D eigenvalue weighted by molar-refractivity contribution is 0.297. The molecule has 0 aliphatic carbocycles. The summed E-state index contributed by atoms with van der Waals surface area (Å²) in [5, 5.41) is 0.0878. The number of nitrogens with one attached hydrogen (secondary N) is 1. The predicted molar refractivity (Wildman–Crippen MR) is 68.7 cm³/mol. The Bertz CT molecular complexity index is 497. The van der Waals surface area contributed by atoms with Crippen LogP contribution in [0.5, 0.6) is 0 Å². The Morgan fingerprint density at radius 2 is 2.28 bits per heavy atom. The van der Waals surface area contributed by atoms with E-state index >= 15 is 0 Å². The summed E-state index contributed by atoms with van der Waals surface area (Å²) < 4.78 is 28.0. The van der Waals surface area contributed by atoms with Gasteiger partial charge in [-0.05, 0) is 32.9 Å². The first-order valence-electron chi connectivity index (χ1n) is 6.17. The Kier molecular flexibility index (Phi) is 4.04.